The zero-order chi connectivity index (χ0) is 28.7. The van der Waals surface area contributed by atoms with E-state index >= 15 is 0 Å². The molecule has 0 saturated carbocycles. The summed E-state index contributed by atoms with van der Waals surface area (Å²) >= 11 is 1.62. The zero-order valence-electron chi connectivity index (χ0n) is 22.4. The van der Waals surface area contributed by atoms with E-state index in [2.05, 4.69) is 40.1 Å². The second-order valence-corrected chi connectivity index (χ2v) is 10.7. The first-order valence-electron chi connectivity index (χ1n) is 12.8. The molecule has 1 aliphatic heterocycles. The van der Waals surface area contributed by atoms with Crippen LogP contribution < -0.4 is 4.74 Å². The third kappa shape index (κ3) is 4.74. The van der Waals surface area contributed by atoms with E-state index in [1.165, 1.54) is 0 Å². The summed E-state index contributed by atoms with van der Waals surface area (Å²) in [6.07, 6.45) is 2.94. The Balaban J connectivity index is 1.40. The van der Waals surface area contributed by atoms with Crippen LogP contribution in [-0.2, 0) is 4.79 Å². The molecule has 0 amide bonds. The normalized spacial score (nSPS) is 13.9. The van der Waals surface area contributed by atoms with E-state index < -0.39 is 12.0 Å². The highest BCUT2D eigenvalue weighted by Crippen LogP contribution is 2.40. The fraction of sp³-hybridized carbons (Fsp3) is 0.167. The predicted molar refractivity (Wildman–Crippen MR) is 153 cm³/mol. The van der Waals surface area contributed by atoms with Crippen LogP contribution in [0.5, 0.6) is 11.8 Å². The number of aliphatic carboxylic acids is 1. The van der Waals surface area contributed by atoms with Crippen molar-refractivity contribution in [2.75, 3.05) is 0 Å². The van der Waals surface area contributed by atoms with Crippen LogP contribution in [0, 0.1) is 32.1 Å². The van der Waals surface area contributed by atoms with Gasteiger partial charge in [0.05, 0.1) is 17.7 Å². The van der Waals surface area contributed by atoms with Crippen LogP contribution in [-0.4, -0.2) is 41.5 Å². The fourth-order valence-corrected chi connectivity index (χ4v) is 6.05. The standard InChI is InChI=1S/C30H23N7O3S/c1-16-17(2)41-29-26(16)27(34-23(14-25(38)39)28-36-35-18(3)37(28)29)20-7-5-19(6-8-20)21-9-10-24(22(13-21)15-31)40-30-32-11-4-12-33-30/h4-13,23H,14H2,1-3H3,(H,38,39)/t23-/m0/s1. The Labute approximate surface area is 239 Å². The minimum atomic E-state index is -0.960. The predicted octanol–water partition coefficient (Wildman–Crippen LogP) is 5.74. The highest BCUT2D eigenvalue weighted by molar-refractivity contribution is 7.15. The smallest absolute Gasteiger partial charge is 0.321 e. The minimum Gasteiger partial charge on any atom is -0.481 e. The first kappa shape index (κ1) is 26.0. The molecule has 2 aromatic carbocycles. The number of ether oxygens (including phenoxy) is 1. The molecule has 0 unspecified atom stereocenters. The van der Waals surface area contributed by atoms with E-state index in [4.69, 9.17) is 9.73 Å². The lowest BCUT2D eigenvalue weighted by atomic mass is 9.96. The molecule has 0 fully saturated rings. The van der Waals surface area contributed by atoms with Gasteiger partial charge in [0.2, 0.25) is 0 Å². The van der Waals surface area contributed by atoms with Crippen molar-refractivity contribution in [2.45, 2.75) is 33.2 Å². The molecule has 1 atom stereocenters. The average Bonchev–Trinajstić information content (AvgIpc) is 3.45. The summed E-state index contributed by atoms with van der Waals surface area (Å²) in [4.78, 5) is 26.0. The molecule has 0 bridgehead atoms. The zero-order valence-corrected chi connectivity index (χ0v) is 23.2. The lowest BCUT2D eigenvalue weighted by molar-refractivity contribution is -0.137. The van der Waals surface area contributed by atoms with Gasteiger partial charge < -0.3 is 9.84 Å². The maximum Gasteiger partial charge on any atom is 0.321 e. The van der Waals surface area contributed by atoms with Crippen molar-refractivity contribution >= 4 is 23.0 Å². The number of aromatic nitrogens is 5. The van der Waals surface area contributed by atoms with Crippen molar-refractivity contribution in [2.24, 2.45) is 4.99 Å². The average molecular weight is 562 g/mol. The Hall–Kier alpha value is -5.21. The number of carbonyl (C=O) groups is 1. The lowest BCUT2D eigenvalue weighted by Crippen LogP contribution is -2.10. The minimum absolute atomic E-state index is 0.165. The molecule has 4 heterocycles. The van der Waals surface area contributed by atoms with E-state index in [-0.39, 0.29) is 12.4 Å². The highest BCUT2D eigenvalue weighted by Gasteiger charge is 2.32. The van der Waals surface area contributed by atoms with Gasteiger partial charge in [-0.1, -0.05) is 30.3 Å². The summed E-state index contributed by atoms with van der Waals surface area (Å²) in [5, 5.41) is 28.9. The first-order valence-corrected chi connectivity index (χ1v) is 13.6. The van der Waals surface area contributed by atoms with E-state index in [1.807, 2.05) is 41.8 Å². The van der Waals surface area contributed by atoms with Gasteiger partial charge in [-0.05, 0) is 55.7 Å². The molecule has 3 aromatic heterocycles. The summed E-state index contributed by atoms with van der Waals surface area (Å²) in [5.74, 6) is 0.614. The Kier molecular flexibility index (Phi) is 6.61. The molecule has 1 aliphatic rings. The summed E-state index contributed by atoms with van der Waals surface area (Å²) < 4.78 is 7.64. The number of nitrogens with zero attached hydrogens (tertiary/aromatic N) is 7. The Bertz CT molecular complexity index is 1870. The largest absolute Gasteiger partial charge is 0.481 e. The number of rotatable bonds is 6. The Morgan fingerprint density at radius 3 is 2.46 bits per heavy atom. The highest BCUT2D eigenvalue weighted by atomic mass is 32.1. The maximum absolute atomic E-state index is 11.8. The van der Waals surface area contributed by atoms with Crippen LogP contribution in [0.1, 0.15) is 51.2 Å². The van der Waals surface area contributed by atoms with Crippen LogP contribution >= 0.6 is 11.3 Å². The fourth-order valence-electron chi connectivity index (χ4n) is 4.83. The quantitative estimate of drug-likeness (QED) is 0.277. The third-order valence-electron chi connectivity index (χ3n) is 6.94. The van der Waals surface area contributed by atoms with Crippen molar-refractivity contribution in [1.82, 2.24) is 24.7 Å². The number of hydrogen-bond donors (Lipinski definition) is 1. The Morgan fingerprint density at radius 1 is 1.05 bits per heavy atom. The van der Waals surface area contributed by atoms with E-state index in [0.29, 0.717) is 28.7 Å². The van der Waals surface area contributed by atoms with Gasteiger partial charge in [-0.3, -0.25) is 14.4 Å². The molecule has 5 aromatic rings. The monoisotopic (exact) mass is 561 g/mol. The van der Waals surface area contributed by atoms with Gasteiger partial charge >= 0.3 is 12.0 Å². The van der Waals surface area contributed by atoms with E-state index in [9.17, 15) is 15.2 Å². The van der Waals surface area contributed by atoms with Crippen molar-refractivity contribution in [3.05, 3.63) is 99.7 Å². The van der Waals surface area contributed by atoms with Gasteiger partial charge in [0.25, 0.3) is 0 Å². The number of carboxylic acids is 1. The van der Waals surface area contributed by atoms with Crippen LogP contribution in [0.3, 0.4) is 0 Å². The summed E-state index contributed by atoms with van der Waals surface area (Å²) in [7, 11) is 0. The summed E-state index contributed by atoms with van der Waals surface area (Å²) in [6.45, 7) is 5.98. The SMILES string of the molecule is Cc1sc2c(c1C)C(c1ccc(-c3ccc(Oc4ncccn4)c(C#N)c3)cc1)=N[C@@H](CC(=O)O)c1nnc(C)n1-2. The molecule has 0 saturated heterocycles. The Morgan fingerprint density at radius 2 is 1.76 bits per heavy atom. The molecule has 11 heteroatoms. The van der Waals surface area contributed by atoms with Gasteiger partial charge in [-0.25, -0.2) is 9.97 Å². The van der Waals surface area contributed by atoms with Crippen LogP contribution in [0.2, 0.25) is 0 Å². The number of aryl methyl sites for hydroxylation is 2. The van der Waals surface area contributed by atoms with Crippen LogP contribution in [0.25, 0.3) is 16.1 Å². The van der Waals surface area contributed by atoms with Crippen molar-refractivity contribution < 1.29 is 14.6 Å². The number of fused-ring (bicyclic) bond motifs is 3. The number of carboxylic acid groups (broad SMARTS) is 1. The van der Waals surface area contributed by atoms with Gasteiger partial charge in [0.1, 0.15) is 28.7 Å². The second-order valence-electron chi connectivity index (χ2n) is 9.53. The number of nitriles is 1. The number of hydrogen-bond acceptors (Lipinski definition) is 9. The third-order valence-corrected chi connectivity index (χ3v) is 8.13. The lowest BCUT2D eigenvalue weighted by Gasteiger charge is -2.12. The first-order chi connectivity index (χ1) is 19.8. The molecule has 202 valence electrons. The van der Waals surface area contributed by atoms with Crippen LogP contribution in [0.4, 0.5) is 0 Å². The van der Waals surface area contributed by atoms with Crippen molar-refractivity contribution in [3.8, 4) is 34.0 Å². The molecular weight excluding hydrogens is 538 g/mol. The molecule has 0 radical (unpaired) electrons. The molecule has 0 aliphatic carbocycles. The molecular formula is C30H23N7O3S. The van der Waals surface area contributed by atoms with Crippen LogP contribution in [0.15, 0.2) is 65.9 Å². The summed E-state index contributed by atoms with van der Waals surface area (Å²) in [6, 6.07) is 16.6. The second kappa shape index (κ2) is 10.4. The van der Waals surface area contributed by atoms with Gasteiger partial charge in [-0.15, -0.1) is 21.5 Å². The number of benzene rings is 2. The van der Waals surface area contributed by atoms with E-state index in [0.717, 1.165) is 37.7 Å². The molecule has 10 nitrogen and oxygen atoms in total. The number of thiophene rings is 1. The summed E-state index contributed by atoms with van der Waals surface area (Å²) in [5.41, 5.74) is 5.70. The van der Waals surface area contributed by atoms with Gasteiger partial charge in [-0.2, -0.15) is 5.26 Å². The van der Waals surface area contributed by atoms with Gasteiger partial charge in [0, 0.05) is 28.4 Å². The van der Waals surface area contributed by atoms with Crippen molar-refractivity contribution in [1.29, 1.82) is 5.26 Å². The van der Waals surface area contributed by atoms with Crippen molar-refractivity contribution in [3.63, 3.8) is 0 Å². The maximum atomic E-state index is 11.8. The topological polar surface area (TPSA) is 139 Å². The van der Waals surface area contributed by atoms with Gasteiger partial charge in [0.15, 0.2) is 5.82 Å². The molecule has 6 rings (SSSR count). The number of aliphatic imine (C=N–C) groups is 1. The molecule has 1 N–H and O–H groups in total. The molecule has 41 heavy (non-hydrogen) atoms. The molecule has 0 spiro atoms. The van der Waals surface area contributed by atoms with E-state index in [1.54, 1.807) is 41.9 Å².